The van der Waals surface area contributed by atoms with Gasteiger partial charge < -0.3 is 4.74 Å². The van der Waals surface area contributed by atoms with E-state index in [2.05, 4.69) is 158 Å². The maximum atomic E-state index is 7.47. The lowest BCUT2D eigenvalue weighted by Gasteiger charge is -2.31. The second-order valence-corrected chi connectivity index (χ2v) is 17.2. The standard InChI is InChI=1S/C42H26OPS2/c1-4-15-27(16-5-1)44(28-17-6-2-7-18-28,29-19-8-3-9-20-29)40-37-30-21-10-12-25-34(30)45-41(37)32-23-14-24-33-36(32)39(40)43-38-31-22-11-13-26-35(31)46-42(33)38/h1-26H/q+1. The molecule has 9 aromatic rings. The predicted molar refractivity (Wildman–Crippen MR) is 203 cm³/mol. The smallest absolute Gasteiger partial charge is 0.179 e. The third-order valence-corrected chi connectivity index (χ3v) is 16.1. The van der Waals surface area contributed by atoms with Crippen LogP contribution in [0.4, 0.5) is 0 Å². The first kappa shape index (κ1) is 26.4. The molecule has 0 fully saturated rings. The monoisotopic (exact) mass is 641 g/mol. The van der Waals surface area contributed by atoms with Crippen LogP contribution in [0.2, 0.25) is 0 Å². The SMILES string of the molecule is c1ccc([P+](c2ccccc2)(c2ccccc2)c2c3c4c(cccc4c4sc5ccccc5c24)-c2sc4ccccc4c2O3)cc1. The number of hydrogen-bond donors (Lipinski definition) is 0. The number of ether oxygens (including phenoxy) is 1. The summed E-state index contributed by atoms with van der Waals surface area (Å²) in [6, 6.07) is 58.1. The maximum absolute atomic E-state index is 7.47. The van der Waals surface area contributed by atoms with E-state index < -0.39 is 7.26 Å². The second-order valence-electron chi connectivity index (χ2n) is 11.7. The summed E-state index contributed by atoms with van der Waals surface area (Å²) < 4.78 is 11.4. The second kappa shape index (κ2) is 10.1. The van der Waals surface area contributed by atoms with Gasteiger partial charge in [-0.25, -0.2) is 0 Å². The Bertz CT molecular complexity index is 2510. The Kier molecular flexibility index (Phi) is 5.81. The molecule has 1 aliphatic heterocycles. The molecule has 2 aromatic heterocycles. The number of rotatable bonds is 4. The van der Waals surface area contributed by atoms with Crippen LogP contribution >= 0.6 is 29.9 Å². The zero-order chi connectivity index (χ0) is 30.2. The van der Waals surface area contributed by atoms with Crippen LogP contribution in [0.5, 0.6) is 11.5 Å². The number of fused-ring (bicyclic) bond motifs is 8. The van der Waals surface area contributed by atoms with Crippen molar-refractivity contribution >= 4 is 92.2 Å². The summed E-state index contributed by atoms with van der Waals surface area (Å²) >= 11 is 3.75. The minimum Gasteiger partial charge on any atom is -0.450 e. The number of hydrogen-bond acceptors (Lipinski definition) is 3. The summed E-state index contributed by atoms with van der Waals surface area (Å²) in [5.74, 6) is 1.98. The van der Waals surface area contributed by atoms with Crippen molar-refractivity contribution in [1.82, 2.24) is 0 Å². The zero-order valence-corrected chi connectivity index (χ0v) is 27.2. The third kappa shape index (κ3) is 3.54. The van der Waals surface area contributed by atoms with Crippen LogP contribution in [0.1, 0.15) is 0 Å². The first-order valence-corrected chi connectivity index (χ1v) is 18.9. The topological polar surface area (TPSA) is 9.23 Å². The molecule has 0 atom stereocenters. The summed E-state index contributed by atoms with van der Waals surface area (Å²) in [5.41, 5.74) is 1.27. The van der Waals surface area contributed by atoms with E-state index in [-0.39, 0.29) is 0 Å². The van der Waals surface area contributed by atoms with Gasteiger partial charge in [-0.2, -0.15) is 0 Å². The molecule has 1 aliphatic rings. The maximum Gasteiger partial charge on any atom is 0.179 e. The molecular weight excluding hydrogens is 616 g/mol. The van der Waals surface area contributed by atoms with Crippen molar-refractivity contribution in [3.8, 4) is 21.9 Å². The molecule has 46 heavy (non-hydrogen) atoms. The molecule has 0 amide bonds. The van der Waals surface area contributed by atoms with Crippen LogP contribution in [-0.2, 0) is 0 Å². The molecule has 0 aliphatic carbocycles. The lowest BCUT2D eigenvalue weighted by atomic mass is 9.97. The average molecular weight is 642 g/mol. The van der Waals surface area contributed by atoms with Crippen molar-refractivity contribution in [2.24, 2.45) is 0 Å². The minimum absolute atomic E-state index is 0.980. The average Bonchev–Trinajstić information content (AvgIpc) is 3.70. The number of benzene rings is 7. The molecule has 10 rings (SSSR count). The zero-order valence-electron chi connectivity index (χ0n) is 24.7. The molecule has 7 aromatic carbocycles. The summed E-state index contributed by atoms with van der Waals surface area (Å²) in [7, 11) is -2.54. The van der Waals surface area contributed by atoms with Crippen molar-refractivity contribution in [3.05, 3.63) is 158 Å². The van der Waals surface area contributed by atoms with Crippen LogP contribution in [0, 0.1) is 0 Å². The predicted octanol–water partition coefficient (Wildman–Crippen LogP) is 10.8. The summed E-state index contributed by atoms with van der Waals surface area (Å²) in [6.45, 7) is 0. The van der Waals surface area contributed by atoms with Gasteiger partial charge in [0.1, 0.15) is 23.2 Å². The van der Waals surface area contributed by atoms with E-state index in [1.807, 2.05) is 22.7 Å². The largest absolute Gasteiger partial charge is 0.450 e. The van der Waals surface area contributed by atoms with Gasteiger partial charge in [-0.3, -0.25) is 0 Å². The van der Waals surface area contributed by atoms with Gasteiger partial charge in [0.2, 0.25) is 0 Å². The summed E-state index contributed by atoms with van der Waals surface area (Å²) in [4.78, 5) is 1.22. The Hall–Kier alpha value is -4.79. The Morgan fingerprint density at radius 3 is 1.57 bits per heavy atom. The fraction of sp³-hybridized carbons (Fsp3) is 0. The van der Waals surface area contributed by atoms with Crippen LogP contribution in [0.25, 0.3) is 51.5 Å². The van der Waals surface area contributed by atoms with Crippen LogP contribution in [0.15, 0.2) is 158 Å². The highest BCUT2D eigenvalue weighted by Gasteiger charge is 2.53. The van der Waals surface area contributed by atoms with Gasteiger partial charge in [-0.1, -0.05) is 103 Å². The highest BCUT2D eigenvalue weighted by molar-refractivity contribution is 8.02. The molecule has 0 radical (unpaired) electrons. The van der Waals surface area contributed by atoms with Gasteiger partial charge in [-0.15, -0.1) is 22.7 Å². The van der Waals surface area contributed by atoms with E-state index in [4.69, 9.17) is 4.74 Å². The molecule has 216 valence electrons. The third-order valence-electron chi connectivity index (χ3n) is 9.35. The van der Waals surface area contributed by atoms with Gasteiger partial charge in [0, 0.05) is 46.6 Å². The molecule has 0 saturated carbocycles. The molecule has 3 heterocycles. The first-order chi connectivity index (χ1) is 22.8. The number of thiophene rings is 2. The van der Waals surface area contributed by atoms with Gasteiger partial charge in [-0.05, 0) is 54.6 Å². The molecule has 1 nitrogen and oxygen atoms in total. The van der Waals surface area contributed by atoms with Gasteiger partial charge in [0.05, 0.1) is 4.88 Å². The van der Waals surface area contributed by atoms with E-state index in [0.29, 0.717) is 0 Å². The van der Waals surface area contributed by atoms with Gasteiger partial charge in [0.15, 0.2) is 16.8 Å². The molecule has 0 spiro atoms. The van der Waals surface area contributed by atoms with Crippen molar-refractivity contribution in [2.45, 2.75) is 0 Å². The fourth-order valence-electron chi connectivity index (χ4n) is 7.49. The Labute approximate surface area is 275 Å². The molecule has 0 saturated heterocycles. The first-order valence-electron chi connectivity index (χ1n) is 15.5. The van der Waals surface area contributed by atoms with Crippen molar-refractivity contribution in [2.75, 3.05) is 0 Å². The van der Waals surface area contributed by atoms with E-state index in [1.54, 1.807) is 0 Å². The molecule has 0 N–H and O–H groups in total. The van der Waals surface area contributed by atoms with Crippen molar-refractivity contribution < 1.29 is 4.74 Å². The lowest BCUT2D eigenvalue weighted by molar-refractivity contribution is 0.499. The Balaban J connectivity index is 1.51. The van der Waals surface area contributed by atoms with Gasteiger partial charge >= 0.3 is 0 Å². The fourth-order valence-corrected chi connectivity index (χ4v) is 14.5. The highest BCUT2D eigenvalue weighted by atomic mass is 32.1. The summed E-state index contributed by atoms with van der Waals surface area (Å²) in [6.07, 6.45) is 0. The molecule has 0 unspecified atom stereocenters. The van der Waals surface area contributed by atoms with E-state index >= 15 is 0 Å². The van der Waals surface area contributed by atoms with Gasteiger partial charge in [0.25, 0.3) is 0 Å². The van der Waals surface area contributed by atoms with Crippen molar-refractivity contribution in [1.29, 1.82) is 0 Å². The summed E-state index contributed by atoms with van der Waals surface area (Å²) in [5, 5.41) is 11.5. The van der Waals surface area contributed by atoms with E-state index in [9.17, 15) is 0 Å². The quantitative estimate of drug-likeness (QED) is 0.174. The Morgan fingerprint density at radius 2 is 0.935 bits per heavy atom. The van der Waals surface area contributed by atoms with Crippen LogP contribution in [0.3, 0.4) is 0 Å². The normalized spacial score (nSPS) is 12.5. The Morgan fingerprint density at radius 1 is 0.413 bits per heavy atom. The van der Waals surface area contributed by atoms with Crippen molar-refractivity contribution in [3.63, 3.8) is 0 Å². The lowest BCUT2D eigenvalue weighted by Crippen LogP contribution is -2.39. The molecule has 4 heteroatoms. The molecular formula is C42H26OPS2+. The van der Waals surface area contributed by atoms with E-state index in [1.165, 1.54) is 72.7 Å². The van der Waals surface area contributed by atoms with Crippen LogP contribution < -0.4 is 26.0 Å². The van der Waals surface area contributed by atoms with E-state index in [0.717, 1.165) is 11.5 Å². The highest BCUT2D eigenvalue weighted by Crippen LogP contribution is 2.63. The van der Waals surface area contributed by atoms with Crippen LogP contribution in [-0.4, -0.2) is 0 Å². The molecule has 0 bridgehead atoms. The minimum atomic E-state index is -2.54.